The van der Waals surface area contributed by atoms with Gasteiger partial charge in [-0.25, -0.2) is 4.98 Å². The number of aliphatic hydroxyl groups is 1. The molecule has 1 N–H and O–H groups in total. The standard InChI is InChI=1S/C29H31ClN2O3S/c1-3-4-16-25-31-18-23(32(25)19-21-13-8-9-14-22(21)30)28(33)27(29(34)35-2)26(24-15-10-17-36-24)20-11-6-5-7-12-20/h5-15,17-18,26-28,33H,3-4,16,19H2,1-2H3. The van der Waals surface area contributed by atoms with Gasteiger partial charge in [0.05, 0.1) is 25.5 Å². The number of carbonyl (C=O) groups excluding carboxylic acids is 1. The Labute approximate surface area is 221 Å². The highest BCUT2D eigenvalue weighted by Crippen LogP contribution is 2.42. The molecule has 36 heavy (non-hydrogen) atoms. The van der Waals surface area contributed by atoms with Gasteiger partial charge in [-0.05, 0) is 35.1 Å². The van der Waals surface area contributed by atoms with Gasteiger partial charge in [-0.3, -0.25) is 4.79 Å². The fourth-order valence-corrected chi connectivity index (χ4v) is 5.72. The molecule has 0 fully saturated rings. The number of aliphatic hydroxyl groups excluding tert-OH is 1. The lowest BCUT2D eigenvalue weighted by Gasteiger charge is -2.29. The normalized spacial score (nSPS) is 13.8. The molecule has 2 aromatic carbocycles. The van der Waals surface area contributed by atoms with Crippen LogP contribution in [0.15, 0.2) is 78.3 Å². The van der Waals surface area contributed by atoms with E-state index >= 15 is 0 Å². The molecule has 5 nitrogen and oxygen atoms in total. The minimum Gasteiger partial charge on any atom is -0.469 e. The lowest BCUT2D eigenvalue weighted by atomic mass is 9.80. The van der Waals surface area contributed by atoms with Crippen LogP contribution in [-0.4, -0.2) is 27.7 Å². The van der Waals surface area contributed by atoms with Gasteiger partial charge in [0.1, 0.15) is 17.8 Å². The number of nitrogens with zero attached hydrogens (tertiary/aromatic N) is 2. The van der Waals surface area contributed by atoms with Crippen molar-refractivity contribution in [2.24, 2.45) is 5.92 Å². The SMILES string of the molecule is CCCCc1ncc(C(O)C(C(=O)OC)C(c2ccccc2)c2cccs2)n1Cc1ccccc1Cl. The van der Waals surface area contributed by atoms with E-state index in [0.717, 1.165) is 41.1 Å². The zero-order valence-corrected chi connectivity index (χ0v) is 22.1. The first-order valence-corrected chi connectivity index (χ1v) is 13.4. The number of hydrogen-bond donors (Lipinski definition) is 1. The van der Waals surface area contributed by atoms with Crippen LogP contribution in [0.4, 0.5) is 0 Å². The molecule has 2 aromatic heterocycles. The third kappa shape index (κ3) is 5.72. The van der Waals surface area contributed by atoms with Crippen LogP contribution in [0.3, 0.4) is 0 Å². The van der Waals surface area contributed by atoms with Crippen LogP contribution in [0.5, 0.6) is 0 Å². The number of unbranched alkanes of at least 4 members (excludes halogenated alkanes) is 1. The summed E-state index contributed by atoms with van der Waals surface area (Å²) >= 11 is 8.06. The minimum absolute atomic E-state index is 0.378. The molecule has 0 amide bonds. The molecule has 4 aromatic rings. The molecule has 0 saturated carbocycles. The second-order valence-corrected chi connectivity index (χ2v) is 10.2. The summed E-state index contributed by atoms with van der Waals surface area (Å²) in [5, 5.41) is 14.5. The Morgan fingerprint density at radius 2 is 1.86 bits per heavy atom. The molecule has 7 heteroatoms. The van der Waals surface area contributed by atoms with Crippen molar-refractivity contribution in [3.63, 3.8) is 0 Å². The number of methoxy groups -OCH3 is 1. The Morgan fingerprint density at radius 1 is 1.11 bits per heavy atom. The Bertz CT molecular complexity index is 1260. The van der Waals surface area contributed by atoms with Crippen LogP contribution in [0, 0.1) is 5.92 Å². The van der Waals surface area contributed by atoms with Crippen LogP contribution in [0.2, 0.25) is 5.02 Å². The number of carbonyl (C=O) groups is 1. The molecular weight excluding hydrogens is 492 g/mol. The lowest BCUT2D eigenvalue weighted by molar-refractivity contribution is -0.150. The molecule has 4 rings (SSSR count). The van der Waals surface area contributed by atoms with Gasteiger partial charge in [-0.15, -0.1) is 11.3 Å². The van der Waals surface area contributed by atoms with E-state index in [0.29, 0.717) is 17.3 Å². The fourth-order valence-electron chi connectivity index (χ4n) is 4.62. The largest absolute Gasteiger partial charge is 0.469 e. The Balaban J connectivity index is 1.81. The van der Waals surface area contributed by atoms with E-state index in [1.165, 1.54) is 7.11 Å². The third-order valence-electron chi connectivity index (χ3n) is 6.49. The van der Waals surface area contributed by atoms with Crippen LogP contribution in [0.25, 0.3) is 0 Å². The number of ether oxygens (including phenoxy) is 1. The molecule has 188 valence electrons. The van der Waals surface area contributed by atoms with Gasteiger partial charge in [0.2, 0.25) is 0 Å². The lowest BCUT2D eigenvalue weighted by Crippen LogP contribution is -2.31. The average Bonchev–Trinajstić information content (AvgIpc) is 3.57. The molecule has 0 spiro atoms. The van der Waals surface area contributed by atoms with E-state index < -0.39 is 18.0 Å². The quantitative estimate of drug-likeness (QED) is 0.224. The average molecular weight is 523 g/mol. The summed E-state index contributed by atoms with van der Waals surface area (Å²) in [6, 6.07) is 21.4. The van der Waals surface area contributed by atoms with Crippen molar-refractivity contribution >= 4 is 28.9 Å². The van der Waals surface area contributed by atoms with E-state index in [-0.39, 0.29) is 5.92 Å². The number of imidazole rings is 1. The number of halogens is 1. The predicted molar refractivity (Wildman–Crippen MR) is 144 cm³/mol. The first-order chi connectivity index (χ1) is 17.5. The molecule has 3 atom stereocenters. The number of esters is 1. The van der Waals surface area contributed by atoms with Crippen molar-refractivity contribution < 1.29 is 14.6 Å². The van der Waals surface area contributed by atoms with Gasteiger partial charge < -0.3 is 14.4 Å². The van der Waals surface area contributed by atoms with Crippen LogP contribution < -0.4 is 0 Å². The predicted octanol–water partition coefficient (Wildman–Crippen LogP) is 6.64. The topological polar surface area (TPSA) is 64.3 Å². The third-order valence-corrected chi connectivity index (χ3v) is 7.82. The molecule has 0 saturated heterocycles. The van der Waals surface area contributed by atoms with Gasteiger partial charge >= 0.3 is 5.97 Å². The summed E-state index contributed by atoms with van der Waals surface area (Å²) in [5.74, 6) is -0.847. The first kappa shape index (κ1) is 26.1. The molecule has 0 aliphatic rings. The highest BCUT2D eigenvalue weighted by molar-refractivity contribution is 7.10. The number of rotatable bonds is 11. The van der Waals surface area contributed by atoms with Crippen molar-refractivity contribution in [1.82, 2.24) is 9.55 Å². The van der Waals surface area contributed by atoms with Gasteiger partial charge in [0, 0.05) is 22.2 Å². The Kier molecular flexibility index (Phi) is 8.97. The number of aromatic nitrogens is 2. The number of hydrogen-bond acceptors (Lipinski definition) is 5. The first-order valence-electron chi connectivity index (χ1n) is 12.2. The summed E-state index contributed by atoms with van der Waals surface area (Å²) in [7, 11) is 1.37. The molecule has 3 unspecified atom stereocenters. The molecule has 0 aliphatic heterocycles. The molecule has 0 aliphatic carbocycles. The summed E-state index contributed by atoms with van der Waals surface area (Å²) in [4.78, 5) is 19.0. The van der Waals surface area contributed by atoms with E-state index in [1.54, 1.807) is 17.5 Å². The summed E-state index contributed by atoms with van der Waals surface area (Å²) < 4.78 is 7.27. The molecular formula is C29H31ClN2O3S. The summed E-state index contributed by atoms with van der Waals surface area (Å²) in [5.41, 5.74) is 2.45. The van der Waals surface area contributed by atoms with Crippen molar-refractivity contribution in [2.45, 2.75) is 44.8 Å². The van der Waals surface area contributed by atoms with Gasteiger partial charge in [-0.2, -0.15) is 0 Å². The fraction of sp³-hybridized carbons (Fsp3) is 0.310. The van der Waals surface area contributed by atoms with E-state index in [4.69, 9.17) is 16.3 Å². The second-order valence-electron chi connectivity index (χ2n) is 8.78. The Morgan fingerprint density at radius 3 is 2.53 bits per heavy atom. The zero-order valence-electron chi connectivity index (χ0n) is 20.5. The van der Waals surface area contributed by atoms with Crippen LogP contribution in [-0.2, 0) is 22.5 Å². The number of thiophene rings is 1. The number of benzene rings is 2. The smallest absolute Gasteiger partial charge is 0.312 e. The van der Waals surface area contributed by atoms with Crippen LogP contribution in [0.1, 0.15) is 59.3 Å². The van der Waals surface area contributed by atoms with Crippen molar-refractivity contribution in [3.8, 4) is 0 Å². The van der Waals surface area contributed by atoms with Crippen molar-refractivity contribution in [1.29, 1.82) is 0 Å². The van der Waals surface area contributed by atoms with Crippen molar-refractivity contribution in [2.75, 3.05) is 7.11 Å². The van der Waals surface area contributed by atoms with E-state index in [9.17, 15) is 9.90 Å². The highest BCUT2D eigenvalue weighted by atomic mass is 35.5. The van der Waals surface area contributed by atoms with Crippen molar-refractivity contribution in [3.05, 3.63) is 111 Å². The highest BCUT2D eigenvalue weighted by Gasteiger charge is 2.40. The monoisotopic (exact) mass is 522 g/mol. The minimum atomic E-state index is -1.14. The maximum atomic E-state index is 13.3. The maximum absolute atomic E-state index is 13.3. The maximum Gasteiger partial charge on any atom is 0.312 e. The second kappa shape index (κ2) is 12.3. The molecule has 0 bridgehead atoms. The van der Waals surface area contributed by atoms with Gasteiger partial charge in [0.25, 0.3) is 0 Å². The van der Waals surface area contributed by atoms with E-state index in [1.807, 2.05) is 76.7 Å². The summed E-state index contributed by atoms with van der Waals surface area (Å²) in [6.45, 7) is 2.59. The van der Waals surface area contributed by atoms with Crippen LogP contribution >= 0.6 is 22.9 Å². The zero-order chi connectivity index (χ0) is 25.5. The van der Waals surface area contributed by atoms with E-state index in [2.05, 4.69) is 11.9 Å². The summed E-state index contributed by atoms with van der Waals surface area (Å²) in [6.07, 6.45) is 3.31. The molecule has 2 heterocycles. The Hall–Kier alpha value is -2.93. The molecule has 0 radical (unpaired) electrons. The van der Waals surface area contributed by atoms with Gasteiger partial charge in [0.15, 0.2) is 0 Å². The number of aryl methyl sites for hydroxylation is 1. The van der Waals surface area contributed by atoms with Gasteiger partial charge in [-0.1, -0.05) is 79.5 Å².